The minimum absolute atomic E-state index is 0. The molecule has 183 valence electrons. The molecule has 0 unspecified atom stereocenters. The van der Waals surface area contributed by atoms with Gasteiger partial charge in [0.25, 0.3) is 0 Å². The van der Waals surface area contributed by atoms with E-state index < -0.39 is 0 Å². The number of hydrogen-bond donors (Lipinski definition) is 3. The van der Waals surface area contributed by atoms with Crippen molar-refractivity contribution in [2.75, 3.05) is 36.8 Å². The molecule has 0 saturated heterocycles. The second-order valence-corrected chi connectivity index (χ2v) is 9.01. The Morgan fingerprint density at radius 2 is 0.969 bits per heavy atom. The van der Waals surface area contributed by atoms with E-state index in [-0.39, 0.29) is 41.6 Å². The molecule has 3 nitrogen and oxygen atoms in total. The standard InChI is InChI=1S/C26H41N3.2ClH.Co/c1-17(2)23-15-20(6)16-24(18(3)4)26(23)29-12-10-27-9-11-28-25-21(7)13-19(5)14-22(25)8;;;/h13-18,27-29H,9-12H2,1-8H3;2*1H;/q;;;+2/p-2. The van der Waals surface area contributed by atoms with Crippen LogP contribution in [0.3, 0.4) is 0 Å². The molecule has 2 aromatic carbocycles. The van der Waals surface area contributed by atoms with Gasteiger partial charge in [-0.05, 0) is 61.8 Å². The molecule has 32 heavy (non-hydrogen) atoms. The summed E-state index contributed by atoms with van der Waals surface area (Å²) in [4.78, 5) is 0. The number of nitrogens with one attached hydrogen (secondary N) is 3. The van der Waals surface area contributed by atoms with Gasteiger partial charge in [-0.15, -0.1) is 0 Å². The molecule has 0 amide bonds. The minimum atomic E-state index is 0. The van der Waals surface area contributed by atoms with Gasteiger partial charge in [-0.3, -0.25) is 0 Å². The third kappa shape index (κ3) is 9.52. The van der Waals surface area contributed by atoms with Crippen LogP contribution < -0.4 is 40.8 Å². The van der Waals surface area contributed by atoms with Gasteiger partial charge in [-0.25, -0.2) is 0 Å². The van der Waals surface area contributed by atoms with Crippen molar-refractivity contribution in [2.45, 2.75) is 67.2 Å². The van der Waals surface area contributed by atoms with E-state index in [1.807, 2.05) is 0 Å². The normalized spacial score (nSPS) is 10.3. The molecule has 1 radical (unpaired) electrons. The monoisotopic (exact) mass is 524 g/mol. The number of rotatable bonds is 10. The molecule has 3 N–H and O–H groups in total. The van der Waals surface area contributed by atoms with E-state index in [4.69, 9.17) is 0 Å². The molecular formula is C26H41Cl2CoN3. The zero-order chi connectivity index (χ0) is 21.6. The number of halogens is 2. The van der Waals surface area contributed by atoms with E-state index in [0.29, 0.717) is 11.8 Å². The Morgan fingerprint density at radius 1 is 0.594 bits per heavy atom. The van der Waals surface area contributed by atoms with Crippen LogP contribution in [0.5, 0.6) is 0 Å². The molecule has 0 aliphatic heterocycles. The van der Waals surface area contributed by atoms with Crippen molar-refractivity contribution in [2.24, 2.45) is 0 Å². The van der Waals surface area contributed by atoms with Crippen LogP contribution in [0.25, 0.3) is 0 Å². The fraction of sp³-hybridized carbons (Fsp3) is 0.538. The summed E-state index contributed by atoms with van der Waals surface area (Å²) in [5.41, 5.74) is 10.8. The van der Waals surface area contributed by atoms with Crippen LogP contribution in [-0.2, 0) is 16.8 Å². The molecular weight excluding hydrogens is 484 g/mol. The van der Waals surface area contributed by atoms with Gasteiger partial charge in [-0.1, -0.05) is 63.1 Å². The first-order chi connectivity index (χ1) is 13.7. The van der Waals surface area contributed by atoms with Crippen LogP contribution in [0.1, 0.15) is 72.9 Å². The van der Waals surface area contributed by atoms with E-state index in [1.54, 1.807) is 0 Å². The summed E-state index contributed by atoms with van der Waals surface area (Å²) >= 11 is 0. The number of anilines is 2. The minimum Gasteiger partial charge on any atom is -1.00 e. The molecule has 2 rings (SSSR count). The van der Waals surface area contributed by atoms with Crippen LogP contribution in [0.2, 0.25) is 0 Å². The van der Waals surface area contributed by atoms with Gasteiger partial charge >= 0.3 is 16.8 Å². The zero-order valence-electron chi connectivity index (χ0n) is 20.9. The van der Waals surface area contributed by atoms with Crippen molar-refractivity contribution in [1.29, 1.82) is 0 Å². The number of benzene rings is 2. The Hall–Kier alpha value is -0.914. The topological polar surface area (TPSA) is 36.1 Å². The maximum Gasteiger partial charge on any atom is 2.00 e. The molecule has 0 spiro atoms. The van der Waals surface area contributed by atoms with Crippen molar-refractivity contribution >= 4 is 11.4 Å². The van der Waals surface area contributed by atoms with Crippen LogP contribution in [0.15, 0.2) is 24.3 Å². The summed E-state index contributed by atoms with van der Waals surface area (Å²) in [6, 6.07) is 9.16. The van der Waals surface area contributed by atoms with E-state index >= 15 is 0 Å². The van der Waals surface area contributed by atoms with Gasteiger partial charge < -0.3 is 40.8 Å². The average Bonchev–Trinajstić information content (AvgIpc) is 2.62. The van der Waals surface area contributed by atoms with E-state index in [1.165, 1.54) is 44.8 Å². The summed E-state index contributed by atoms with van der Waals surface area (Å²) in [5, 5.41) is 10.9. The first-order valence-electron chi connectivity index (χ1n) is 11.1. The van der Waals surface area contributed by atoms with Crippen LogP contribution in [-0.4, -0.2) is 26.2 Å². The fourth-order valence-electron chi connectivity index (χ4n) is 4.09. The summed E-state index contributed by atoms with van der Waals surface area (Å²) in [7, 11) is 0. The van der Waals surface area contributed by atoms with Crippen LogP contribution in [0, 0.1) is 27.7 Å². The quantitative estimate of drug-likeness (QED) is 0.391. The Balaban J connectivity index is 0. The predicted molar refractivity (Wildman–Crippen MR) is 130 cm³/mol. The fourth-order valence-corrected chi connectivity index (χ4v) is 4.09. The molecule has 0 atom stereocenters. The Kier molecular flexibility index (Phi) is 16.5. The summed E-state index contributed by atoms with van der Waals surface area (Å²) in [6.45, 7) is 21.6. The largest absolute Gasteiger partial charge is 2.00 e. The number of aryl methyl sites for hydroxylation is 4. The van der Waals surface area contributed by atoms with Crippen molar-refractivity contribution in [3.8, 4) is 0 Å². The smallest absolute Gasteiger partial charge is 1.00 e. The van der Waals surface area contributed by atoms with Crippen LogP contribution in [0.4, 0.5) is 11.4 Å². The second kappa shape index (κ2) is 15.8. The molecule has 6 heteroatoms. The first-order valence-corrected chi connectivity index (χ1v) is 11.1. The first kappa shape index (κ1) is 33.3. The van der Waals surface area contributed by atoms with E-state index in [0.717, 1.165) is 26.2 Å². The zero-order valence-corrected chi connectivity index (χ0v) is 23.4. The van der Waals surface area contributed by atoms with Crippen LogP contribution >= 0.6 is 0 Å². The molecule has 0 aliphatic carbocycles. The third-order valence-electron chi connectivity index (χ3n) is 5.47. The van der Waals surface area contributed by atoms with Gasteiger partial charge in [0.15, 0.2) is 0 Å². The SMILES string of the molecule is Cc1cc(C)c(NCCNCCNc2c(C(C)C)cc(C)cc2C(C)C)c(C)c1.[Cl-].[Cl-].[Co+2]. The van der Waals surface area contributed by atoms with Crippen molar-refractivity contribution in [1.82, 2.24) is 5.32 Å². The average molecular weight is 525 g/mol. The van der Waals surface area contributed by atoms with Gasteiger partial charge in [0.05, 0.1) is 0 Å². The Morgan fingerprint density at radius 3 is 1.38 bits per heavy atom. The third-order valence-corrected chi connectivity index (χ3v) is 5.47. The molecule has 0 fully saturated rings. The summed E-state index contributed by atoms with van der Waals surface area (Å²) in [5.74, 6) is 1.04. The van der Waals surface area contributed by atoms with Crippen molar-refractivity contribution < 1.29 is 41.6 Å². The van der Waals surface area contributed by atoms with E-state index in [2.05, 4.69) is 95.6 Å². The predicted octanol–water partition coefficient (Wildman–Crippen LogP) is 0.286. The van der Waals surface area contributed by atoms with E-state index in [9.17, 15) is 0 Å². The molecule has 2 aromatic rings. The maximum atomic E-state index is 3.72. The molecule has 0 bridgehead atoms. The Labute approximate surface area is 219 Å². The molecule has 0 aromatic heterocycles. The maximum absolute atomic E-state index is 3.72. The van der Waals surface area contributed by atoms with Gasteiger partial charge in [0, 0.05) is 37.6 Å². The van der Waals surface area contributed by atoms with Gasteiger partial charge in [0.2, 0.25) is 0 Å². The van der Waals surface area contributed by atoms with Crippen molar-refractivity contribution in [3.63, 3.8) is 0 Å². The second-order valence-electron chi connectivity index (χ2n) is 9.01. The summed E-state index contributed by atoms with van der Waals surface area (Å²) < 4.78 is 0. The van der Waals surface area contributed by atoms with Crippen molar-refractivity contribution in [3.05, 3.63) is 57.6 Å². The number of hydrogen-bond acceptors (Lipinski definition) is 3. The molecule has 0 heterocycles. The Bertz CT molecular complexity index is 771. The molecule has 0 saturated carbocycles. The molecule has 0 aliphatic rings. The summed E-state index contributed by atoms with van der Waals surface area (Å²) in [6.07, 6.45) is 0. The van der Waals surface area contributed by atoms with Gasteiger partial charge in [0.1, 0.15) is 0 Å². The van der Waals surface area contributed by atoms with Gasteiger partial charge in [-0.2, -0.15) is 0 Å².